The molecular weight excluding hydrogens is 214 g/mol. The number of aromatic nitrogens is 1. The normalized spacial score (nSPS) is 11.0. The Morgan fingerprint density at radius 2 is 2.00 bits per heavy atom. The molecule has 1 aromatic carbocycles. The second-order valence-electron chi connectivity index (χ2n) is 3.95. The lowest BCUT2D eigenvalue weighted by atomic mass is 10.2. The molecular formula is C14H13NS. The van der Waals surface area contributed by atoms with E-state index < -0.39 is 0 Å². The van der Waals surface area contributed by atoms with Gasteiger partial charge in [0.1, 0.15) is 0 Å². The first kappa shape index (κ1) is 9.67. The van der Waals surface area contributed by atoms with Gasteiger partial charge >= 0.3 is 0 Å². The monoisotopic (exact) mass is 227 g/mol. The van der Waals surface area contributed by atoms with E-state index in [1.54, 1.807) is 11.3 Å². The fourth-order valence-electron chi connectivity index (χ4n) is 2.02. The van der Waals surface area contributed by atoms with E-state index in [1.807, 2.05) is 0 Å². The van der Waals surface area contributed by atoms with Crippen LogP contribution in [-0.4, -0.2) is 4.57 Å². The summed E-state index contributed by atoms with van der Waals surface area (Å²) < 4.78 is 2.33. The van der Waals surface area contributed by atoms with Crippen LogP contribution in [0.2, 0.25) is 0 Å². The third-order valence-electron chi connectivity index (χ3n) is 2.90. The molecule has 3 aromatic rings. The third kappa shape index (κ3) is 1.76. The summed E-state index contributed by atoms with van der Waals surface area (Å²) in [7, 11) is 0. The van der Waals surface area contributed by atoms with E-state index in [2.05, 4.69) is 57.9 Å². The lowest BCUT2D eigenvalue weighted by molar-refractivity contribution is 0.724. The van der Waals surface area contributed by atoms with Crippen LogP contribution in [0.15, 0.2) is 53.4 Å². The average molecular weight is 227 g/mol. The highest BCUT2D eigenvalue weighted by Crippen LogP contribution is 2.16. The molecule has 0 aliphatic carbocycles. The first-order valence-electron chi connectivity index (χ1n) is 5.48. The van der Waals surface area contributed by atoms with Gasteiger partial charge in [0.15, 0.2) is 0 Å². The Labute approximate surface area is 99.0 Å². The summed E-state index contributed by atoms with van der Waals surface area (Å²) in [5.41, 5.74) is 2.76. The molecule has 0 fully saturated rings. The molecule has 2 heterocycles. The fourth-order valence-corrected chi connectivity index (χ4v) is 2.72. The van der Waals surface area contributed by atoms with Crippen molar-refractivity contribution in [1.82, 2.24) is 4.57 Å². The predicted octanol–water partition coefficient (Wildman–Crippen LogP) is 3.95. The first-order chi connectivity index (χ1) is 7.93. The van der Waals surface area contributed by atoms with Crippen molar-refractivity contribution in [3.05, 3.63) is 58.9 Å². The topological polar surface area (TPSA) is 4.93 Å². The first-order valence-corrected chi connectivity index (χ1v) is 6.43. The summed E-state index contributed by atoms with van der Waals surface area (Å²) in [6, 6.07) is 12.9. The maximum Gasteiger partial charge on any atom is 0.0480 e. The molecule has 0 bridgehead atoms. The van der Waals surface area contributed by atoms with Crippen molar-refractivity contribution in [2.45, 2.75) is 13.0 Å². The lowest BCUT2D eigenvalue weighted by Crippen LogP contribution is -1.98. The minimum Gasteiger partial charge on any atom is -0.347 e. The van der Waals surface area contributed by atoms with Crippen LogP contribution < -0.4 is 0 Å². The standard InChI is InChI=1S/C14H13NS/c1-2-4-14-13(3-1)6-9-15(14)8-5-12-7-10-16-11-12/h1-4,6-7,9-11H,5,8H2. The molecule has 0 radical (unpaired) electrons. The number of hydrogen-bond donors (Lipinski definition) is 0. The second kappa shape index (κ2) is 4.14. The minimum absolute atomic E-state index is 1.06. The molecule has 0 aliphatic heterocycles. The number of benzene rings is 1. The van der Waals surface area contributed by atoms with Crippen molar-refractivity contribution in [2.24, 2.45) is 0 Å². The number of para-hydroxylation sites is 1. The molecule has 0 unspecified atom stereocenters. The predicted molar refractivity (Wildman–Crippen MR) is 70.0 cm³/mol. The molecule has 0 saturated carbocycles. The van der Waals surface area contributed by atoms with Gasteiger partial charge < -0.3 is 4.57 Å². The number of aryl methyl sites for hydroxylation is 2. The van der Waals surface area contributed by atoms with Gasteiger partial charge in [-0.1, -0.05) is 18.2 Å². The summed E-state index contributed by atoms with van der Waals surface area (Å²) in [4.78, 5) is 0. The van der Waals surface area contributed by atoms with Crippen molar-refractivity contribution < 1.29 is 0 Å². The van der Waals surface area contributed by atoms with Crippen LogP contribution in [0.25, 0.3) is 10.9 Å². The summed E-state index contributed by atoms with van der Waals surface area (Å²) in [5.74, 6) is 0. The van der Waals surface area contributed by atoms with Crippen LogP contribution in [0.3, 0.4) is 0 Å². The molecule has 2 aromatic heterocycles. The number of fused-ring (bicyclic) bond motifs is 1. The van der Waals surface area contributed by atoms with E-state index in [1.165, 1.54) is 16.5 Å². The van der Waals surface area contributed by atoms with Crippen LogP contribution in [0, 0.1) is 0 Å². The van der Waals surface area contributed by atoms with E-state index in [0.29, 0.717) is 0 Å². The Hall–Kier alpha value is -1.54. The van der Waals surface area contributed by atoms with E-state index in [4.69, 9.17) is 0 Å². The van der Waals surface area contributed by atoms with Crippen molar-refractivity contribution in [2.75, 3.05) is 0 Å². The van der Waals surface area contributed by atoms with Crippen molar-refractivity contribution >= 4 is 22.2 Å². The molecule has 3 rings (SSSR count). The van der Waals surface area contributed by atoms with Gasteiger partial charge in [0.25, 0.3) is 0 Å². The minimum atomic E-state index is 1.06. The SMILES string of the molecule is c1ccc2c(c1)ccn2CCc1ccsc1. The quantitative estimate of drug-likeness (QED) is 0.638. The molecule has 0 atom stereocenters. The highest BCUT2D eigenvalue weighted by molar-refractivity contribution is 7.07. The number of rotatable bonds is 3. The van der Waals surface area contributed by atoms with Crippen LogP contribution in [0.1, 0.15) is 5.56 Å². The summed E-state index contributed by atoms with van der Waals surface area (Å²) in [6.07, 6.45) is 3.29. The molecule has 80 valence electrons. The Morgan fingerprint density at radius 3 is 2.88 bits per heavy atom. The Balaban J connectivity index is 1.84. The Bertz CT molecular complexity index is 578. The lowest BCUT2D eigenvalue weighted by Gasteiger charge is -2.03. The molecule has 0 spiro atoms. The zero-order valence-electron chi connectivity index (χ0n) is 8.97. The van der Waals surface area contributed by atoms with Gasteiger partial charge in [-0.15, -0.1) is 0 Å². The maximum atomic E-state index is 2.33. The molecule has 0 N–H and O–H groups in total. The van der Waals surface area contributed by atoms with Crippen LogP contribution in [0.5, 0.6) is 0 Å². The van der Waals surface area contributed by atoms with Gasteiger partial charge in [0, 0.05) is 18.3 Å². The molecule has 0 amide bonds. The molecule has 0 saturated heterocycles. The number of hydrogen-bond acceptors (Lipinski definition) is 1. The average Bonchev–Trinajstić information content (AvgIpc) is 2.96. The summed E-state index contributed by atoms with van der Waals surface area (Å²) in [6.45, 7) is 1.06. The highest BCUT2D eigenvalue weighted by atomic mass is 32.1. The fraction of sp³-hybridized carbons (Fsp3) is 0.143. The van der Waals surface area contributed by atoms with E-state index in [0.717, 1.165) is 13.0 Å². The van der Waals surface area contributed by atoms with Crippen LogP contribution in [0.4, 0.5) is 0 Å². The zero-order valence-corrected chi connectivity index (χ0v) is 9.78. The Morgan fingerprint density at radius 1 is 1.06 bits per heavy atom. The number of nitrogens with zero attached hydrogens (tertiary/aromatic N) is 1. The van der Waals surface area contributed by atoms with Crippen molar-refractivity contribution in [3.63, 3.8) is 0 Å². The van der Waals surface area contributed by atoms with Gasteiger partial charge in [0.2, 0.25) is 0 Å². The van der Waals surface area contributed by atoms with E-state index in [9.17, 15) is 0 Å². The van der Waals surface area contributed by atoms with Crippen LogP contribution in [-0.2, 0) is 13.0 Å². The second-order valence-corrected chi connectivity index (χ2v) is 4.73. The molecule has 1 nitrogen and oxygen atoms in total. The van der Waals surface area contributed by atoms with Gasteiger partial charge in [-0.2, -0.15) is 11.3 Å². The highest BCUT2D eigenvalue weighted by Gasteiger charge is 2.00. The molecule has 2 heteroatoms. The van der Waals surface area contributed by atoms with E-state index >= 15 is 0 Å². The smallest absolute Gasteiger partial charge is 0.0480 e. The maximum absolute atomic E-state index is 2.33. The molecule has 0 aliphatic rings. The van der Waals surface area contributed by atoms with E-state index in [-0.39, 0.29) is 0 Å². The number of thiophene rings is 1. The van der Waals surface area contributed by atoms with Gasteiger partial charge in [-0.3, -0.25) is 0 Å². The third-order valence-corrected chi connectivity index (χ3v) is 3.63. The van der Waals surface area contributed by atoms with Gasteiger partial charge in [-0.25, -0.2) is 0 Å². The summed E-state index contributed by atoms with van der Waals surface area (Å²) >= 11 is 1.77. The Kier molecular flexibility index (Phi) is 2.50. The molecule has 16 heavy (non-hydrogen) atoms. The largest absolute Gasteiger partial charge is 0.347 e. The van der Waals surface area contributed by atoms with Gasteiger partial charge in [-0.05, 0) is 46.3 Å². The van der Waals surface area contributed by atoms with Crippen molar-refractivity contribution in [3.8, 4) is 0 Å². The zero-order chi connectivity index (χ0) is 10.8. The summed E-state index contributed by atoms with van der Waals surface area (Å²) in [5, 5.41) is 5.70. The van der Waals surface area contributed by atoms with Crippen molar-refractivity contribution in [1.29, 1.82) is 0 Å². The van der Waals surface area contributed by atoms with Gasteiger partial charge in [0.05, 0.1) is 0 Å². The van der Waals surface area contributed by atoms with Crippen LogP contribution >= 0.6 is 11.3 Å².